The Hall–Kier alpha value is -3.09. The maximum atomic E-state index is 13.1. The highest BCUT2D eigenvalue weighted by molar-refractivity contribution is 6.47. The summed E-state index contributed by atoms with van der Waals surface area (Å²) in [6, 6.07) is 10.8. The number of nitrogens with one attached hydrogen (secondary N) is 1. The second kappa shape index (κ2) is 6.67. The van der Waals surface area contributed by atoms with Crippen molar-refractivity contribution in [3.05, 3.63) is 65.7 Å². The smallest absolute Gasteiger partial charge is 0.275 e. The van der Waals surface area contributed by atoms with Crippen molar-refractivity contribution in [3.63, 3.8) is 0 Å². The van der Waals surface area contributed by atoms with E-state index in [2.05, 4.69) is 10.3 Å². The standard InChI is InChI=1S/C19H17F2N3O2/c1-19(2)23-17(12-3-5-13(20)6-4-12)18(26)24(19)11-16(25)22-15-9-7-14(21)8-10-15/h3-10H,11H2,1-2H3,(H,22,25). The first-order chi connectivity index (χ1) is 12.3. The molecule has 2 aromatic carbocycles. The summed E-state index contributed by atoms with van der Waals surface area (Å²) in [5.74, 6) is -1.64. The number of nitrogens with zero attached hydrogens (tertiary/aromatic N) is 2. The van der Waals surface area contributed by atoms with Gasteiger partial charge in [0.15, 0.2) is 0 Å². The van der Waals surface area contributed by atoms with Gasteiger partial charge < -0.3 is 10.2 Å². The van der Waals surface area contributed by atoms with Crippen LogP contribution in [0.1, 0.15) is 19.4 Å². The number of halogens is 2. The molecule has 0 bridgehead atoms. The number of amides is 2. The van der Waals surface area contributed by atoms with Crippen molar-refractivity contribution in [2.24, 2.45) is 4.99 Å². The minimum absolute atomic E-state index is 0.185. The van der Waals surface area contributed by atoms with Crippen LogP contribution < -0.4 is 5.32 Å². The summed E-state index contributed by atoms with van der Waals surface area (Å²) in [4.78, 5) is 30.7. The molecule has 0 atom stereocenters. The van der Waals surface area contributed by atoms with Crippen molar-refractivity contribution in [2.45, 2.75) is 19.5 Å². The van der Waals surface area contributed by atoms with E-state index >= 15 is 0 Å². The van der Waals surface area contributed by atoms with Crippen LogP contribution in [0.5, 0.6) is 0 Å². The Morgan fingerprint density at radius 1 is 1.04 bits per heavy atom. The van der Waals surface area contributed by atoms with E-state index in [1.807, 2.05) is 0 Å². The highest BCUT2D eigenvalue weighted by atomic mass is 19.1. The lowest BCUT2D eigenvalue weighted by Crippen LogP contribution is -2.46. The van der Waals surface area contributed by atoms with E-state index in [1.165, 1.54) is 53.4 Å². The summed E-state index contributed by atoms with van der Waals surface area (Å²) >= 11 is 0. The Labute approximate surface area is 149 Å². The van der Waals surface area contributed by atoms with Gasteiger partial charge in [-0.2, -0.15) is 0 Å². The lowest BCUT2D eigenvalue weighted by molar-refractivity contribution is -0.131. The van der Waals surface area contributed by atoms with E-state index in [0.29, 0.717) is 11.3 Å². The molecule has 1 aliphatic rings. The molecule has 0 radical (unpaired) electrons. The van der Waals surface area contributed by atoms with Gasteiger partial charge in [-0.1, -0.05) is 0 Å². The summed E-state index contributed by atoms with van der Waals surface area (Å²) in [6.45, 7) is 3.22. The Bertz CT molecular complexity index is 875. The Kier molecular flexibility index (Phi) is 4.54. The Morgan fingerprint density at radius 2 is 1.58 bits per heavy atom. The molecule has 0 saturated heterocycles. The summed E-state index contributed by atoms with van der Waals surface area (Å²) in [5, 5.41) is 2.62. The van der Waals surface area contributed by atoms with Crippen molar-refractivity contribution in [1.29, 1.82) is 0 Å². The monoisotopic (exact) mass is 357 g/mol. The second-order valence-electron chi connectivity index (χ2n) is 6.41. The van der Waals surface area contributed by atoms with Gasteiger partial charge in [-0.25, -0.2) is 8.78 Å². The highest BCUT2D eigenvalue weighted by Gasteiger charge is 2.41. The molecule has 2 aromatic rings. The number of rotatable bonds is 4. The maximum absolute atomic E-state index is 13.1. The lowest BCUT2D eigenvalue weighted by Gasteiger charge is -2.28. The Morgan fingerprint density at radius 3 is 2.15 bits per heavy atom. The van der Waals surface area contributed by atoms with Crippen LogP contribution in [0, 0.1) is 11.6 Å². The average Bonchev–Trinajstić information content (AvgIpc) is 2.81. The van der Waals surface area contributed by atoms with Gasteiger partial charge in [0.1, 0.15) is 29.6 Å². The molecule has 0 spiro atoms. The van der Waals surface area contributed by atoms with Crippen molar-refractivity contribution in [1.82, 2.24) is 4.90 Å². The molecule has 1 heterocycles. The molecule has 3 rings (SSSR count). The molecule has 134 valence electrons. The van der Waals surface area contributed by atoms with Crippen LogP contribution in [-0.2, 0) is 9.59 Å². The quantitative estimate of drug-likeness (QED) is 0.914. The number of carbonyl (C=O) groups excluding carboxylic acids is 2. The first kappa shape index (κ1) is 17.7. The fourth-order valence-corrected chi connectivity index (χ4v) is 2.70. The zero-order valence-corrected chi connectivity index (χ0v) is 14.3. The zero-order valence-electron chi connectivity index (χ0n) is 14.3. The van der Waals surface area contributed by atoms with Gasteiger partial charge in [0.2, 0.25) is 5.91 Å². The maximum Gasteiger partial charge on any atom is 0.275 e. The van der Waals surface area contributed by atoms with Crippen molar-refractivity contribution < 1.29 is 18.4 Å². The van der Waals surface area contributed by atoms with E-state index in [1.54, 1.807) is 13.8 Å². The van der Waals surface area contributed by atoms with Crippen LogP contribution in [0.3, 0.4) is 0 Å². The van der Waals surface area contributed by atoms with E-state index in [4.69, 9.17) is 0 Å². The Balaban J connectivity index is 1.74. The molecule has 1 N–H and O–H groups in total. The normalized spacial score (nSPS) is 15.8. The van der Waals surface area contributed by atoms with Crippen LogP contribution in [0.25, 0.3) is 0 Å². The number of anilines is 1. The number of carbonyl (C=O) groups is 2. The zero-order chi connectivity index (χ0) is 18.9. The van der Waals surface area contributed by atoms with Crippen LogP contribution in [0.15, 0.2) is 53.5 Å². The first-order valence-corrected chi connectivity index (χ1v) is 7.99. The molecule has 0 aliphatic carbocycles. The number of aliphatic imine (C=N–C) groups is 1. The third-order valence-corrected chi connectivity index (χ3v) is 4.04. The van der Waals surface area contributed by atoms with Crippen LogP contribution in [0.4, 0.5) is 14.5 Å². The topological polar surface area (TPSA) is 61.8 Å². The SMILES string of the molecule is CC1(C)N=C(c2ccc(F)cc2)C(=O)N1CC(=O)Nc1ccc(F)cc1. The minimum atomic E-state index is -0.916. The fraction of sp³-hybridized carbons (Fsp3) is 0.211. The minimum Gasteiger partial charge on any atom is -0.325 e. The molecule has 2 amide bonds. The first-order valence-electron chi connectivity index (χ1n) is 7.99. The molecule has 7 heteroatoms. The van der Waals surface area contributed by atoms with Gasteiger partial charge in [-0.05, 0) is 62.4 Å². The third-order valence-electron chi connectivity index (χ3n) is 4.04. The second-order valence-corrected chi connectivity index (χ2v) is 6.41. The van der Waals surface area contributed by atoms with E-state index in [-0.39, 0.29) is 12.3 Å². The fourth-order valence-electron chi connectivity index (χ4n) is 2.70. The number of hydrogen-bond acceptors (Lipinski definition) is 3. The van der Waals surface area contributed by atoms with Gasteiger partial charge in [0.25, 0.3) is 5.91 Å². The van der Waals surface area contributed by atoms with Crippen molar-refractivity contribution in [2.75, 3.05) is 11.9 Å². The lowest BCUT2D eigenvalue weighted by atomic mass is 10.1. The van der Waals surface area contributed by atoms with Crippen molar-refractivity contribution >= 4 is 23.2 Å². The predicted molar refractivity (Wildman–Crippen MR) is 93.8 cm³/mol. The van der Waals surface area contributed by atoms with Gasteiger partial charge in [0.05, 0.1) is 0 Å². The molecule has 0 aromatic heterocycles. The summed E-state index contributed by atoms with van der Waals surface area (Å²) in [7, 11) is 0. The molecule has 0 saturated carbocycles. The van der Waals surface area contributed by atoms with Crippen molar-refractivity contribution in [3.8, 4) is 0 Å². The molecule has 0 fully saturated rings. The van der Waals surface area contributed by atoms with Gasteiger partial charge in [-0.15, -0.1) is 0 Å². The molecule has 5 nitrogen and oxygen atoms in total. The largest absolute Gasteiger partial charge is 0.325 e. The summed E-state index contributed by atoms with van der Waals surface area (Å²) in [6.07, 6.45) is 0. The molecular formula is C19H17F2N3O2. The highest BCUT2D eigenvalue weighted by Crippen LogP contribution is 2.26. The van der Waals surface area contributed by atoms with Crippen LogP contribution in [0.2, 0.25) is 0 Å². The molecule has 26 heavy (non-hydrogen) atoms. The van der Waals surface area contributed by atoms with E-state index in [0.717, 1.165) is 0 Å². The number of hydrogen-bond donors (Lipinski definition) is 1. The predicted octanol–water partition coefficient (Wildman–Crippen LogP) is 2.97. The van der Waals surface area contributed by atoms with Crippen LogP contribution in [-0.4, -0.2) is 34.6 Å². The van der Waals surface area contributed by atoms with Gasteiger partial charge >= 0.3 is 0 Å². The molecule has 1 aliphatic heterocycles. The average molecular weight is 357 g/mol. The van der Waals surface area contributed by atoms with E-state index < -0.39 is 29.1 Å². The van der Waals surface area contributed by atoms with E-state index in [9.17, 15) is 18.4 Å². The van der Waals surface area contributed by atoms with Gasteiger partial charge in [0, 0.05) is 11.3 Å². The summed E-state index contributed by atoms with van der Waals surface area (Å²) < 4.78 is 26.0. The van der Waals surface area contributed by atoms with Gasteiger partial charge in [-0.3, -0.25) is 14.6 Å². The number of benzene rings is 2. The van der Waals surface area contributed by atoms with Crippen LogP contribution >= 0.6 is 0 Å². The third kappa shape index (κ3) is 3.61. The molecular weight excluding hydrogens is 340 g/mol. The summed E-state index contributed by atoms with van der Waals surface area (Å²) in [5.41, 5.74) is 0.192. The molecule has 0 unspecified atom stereocenters.